The molecular weight excluding hydrogens is 207 g/mol. The first-order valence-corrected chi connectivity index (χ1v) is 4.69. The second kappa shape index (κ2) is 11.7. The number of carbonyl (C=O) groups is 2. The van der Waals surface area contributed by atoms with Gasteiger partial charge in [0.15, 0.2) is 0 Å². The minimum absolute atomic E-state index is 0. The van der Waals surface area contributed by atoms with Crippen LogP contribution in [0.15, 0.2) is 0 Å². The van der Waals surface area contributed by atoms with Crippen LogP contribution >= 0.6 is 0 Å². The zero-order valence-electron chi connectivity index (χ0n) is 9.92. The van der Waals surface area contributed by atoms with Gasteiger partial charge in [0.05, 0.1) is 0 Å². The third-order valence-corrected chi connectivity index (χ3v) is 1.85. The summed E-state index contributed by atoms with van der Waals surface area (Å²) in [6.45, 7) is 0. The summed E-state index contributed by atoms with van der Waals surface area (Å²) in [7, 11) is 0. The number of hydrogen-bond donors (Lipinski definition) is 2. The maximum atomic E-state index is 10.3. The van der Waals surface area contributed by atoms with Gasteiger partial charge in [-0.1, -0.05) is 19.3 Å². The quantitative estimate of drug-likeness (QED) is 0.364. The van der Waals surface area contributed by atoms with Crippen LogP contribution in [0.5, 0.6) is 0 Å². The van der Waals surface area contributed by atoms with E-state index in [-0.39, 0.29) is 64.6 Å². The minimum Gasteiger partial charge on any atom is -1.00 e. The average Bonchev–Trinajstić information content (AvgIpc) is 2.01. The Kier molecular flexibility index (Phi) is 14.1. The van der Waals surface area contributed by atoms with Crippen LogP contribution in [0.4, 0.5) is 0 Å². The molecule has 0 aliphatic rings. The van der Waals surface area contributed by atoms with Gasteiger partial charge in [-0.05, 0) is 12.8 Å². The Balaban J connectivity index is -0.000000720. The summed E-state index contributed by atoms with van der Waals surface area (Å²) in [5.74, 6) is -0.478. The van der Waals surface area contributed by atoms with Crippen LogP contribution in [0.25, 0.3) is 0 Å². The average molecular weight is 226 g/mol. The molecule has 0 saturated carbocycles. The molecule has 0 heterocycles. The molecule has 0 spiro atoms. The van der Waals surface area contributed by atoms with Crippen LogP contribution in [0.3, 0.4) is 0 Å². The molecule has 0 aromatic rings. The molecule has 0 atom stereocenters. The van der Waals surface area contributed by atoms with Gasteiger partial charge in [-0.15, -0.1) is 0 Å². The standard InChI is InChI=1S/C9H18N2O2.K.H/c10-8(12)6-4-2-1-3-5-7-9(11)13;;/h1-7H2,(H2,10,12)(H2,11,13);;/q;+1;-1. The van der Waals surface area contributed by atoms with Crippen LogP contribution in [0.2, 0.25) is 0 Å². The molecule has 4 N–H and O–H groups in total. The van der Waals surface area contributed by atoms with Crippen molar-refractivity contribution < 1.29 is 62.4 Å². The van der Waals surface area contributed by atoms with Crippen molar-refractivity contribution in [2.24, 2.45) is 11.5 Å². The fourth-order valence-corrected chi connectivity index (χ4v) is 1.13. The van der Waals surface area contributed by atoms with E-state index in [9.17, 15) is 9.59 Å². The Bertz CT molecular complexity index is 161. The summed E-state index contributed by atoms with van der Waals surface area (Å²) in [5.41, 5.74) is 9.95. The van der Waals surface area contributed by atoms with Crippen LogP contribution < -0.4 is 62.9 Å². The molecule has 0 radical (unpaired) electrons. The molecule has 14 heavy (non-hydrogen) atoms. The molecule has 0 fully saturated rings. The van der Waals surface area contributed by atoms with Crippen LogP contribution in [0.1, 0.15) is 46.4 Å². The molecule has 4 nitrogen and oxygen atoms in total. The van der Waals surface area contributed by atoms with Crippen molar-refractivity contribution in [3.63, 3.8) is 0 Å². The maximum absolute atomic E-state index is 10.3. The Morgan fingerprint density at radius 2 is 1.07 bits per heavy atom. The van der Waals surface area contributed by atoms with E-state index in [4.69, 9.17) is 11.5 Å². The van der Waals surface area contributed by atoms with Gasteiger partial charge in [-0.25, -0.2) is 0 Å². The van der Waals surface area contributed by atoms with E-state index in [0.29, 0.717) is 12.8 Å². The second-order valence-electron chi connectivity index (χ2n) is 3.20. The van der Waals surface area contributed by atoms with E-state index in [1.807, 2.05) is 0 Å². The van der Waals surface area contributed by atoms with Gasteiger partial charge in [0, 0.05) is 12.8 Å². The number of carbonyl (C=O) groups excluding carboxylic acids is 2. The zero-order chi connectivity index (χ0) is 10.1. The summed E-state index contributed by atoms with van der Waals surface area (Å²) >= 11 is 0. The molecule has 0 unspecified atom stereocenters. The van der Waals surface area contributed by atoms with Crippen molar-refractivity contribution in [1.29, 1.82) is 0 Å². The van der Waals surface area contributed by atoms with E-state index >= 15 is 0 Å². The van der Waals surface area contributed by atoms with E-state index < -0.39 is 0 Å². The van der Waals surface area contributed by atoms with Gasteiger partial charge in [-0.3, -0.25) is 9.59 Å². The number of hydrogen-bond acceptors (Lipinski definition) is 2. The smallest absolute Gasteiger partial charge is 1.00 e. The van der Waals surface area contributed by atoms with E-state index in [0.717, 1.165) is 32.1 Å². The van der Waals surface area contributed by atoms with Crippen molar-refractivity contribution in [2.75, 3.05) is 0 Å². The van der Waals surface area contributed by atoms with Crippen molar-refractivity contribution in [1.82, 2.24) is 0 Å². The molecule has 0 rings (SSSR count). The van der Waals surface area contributed by atoms with Crippen LogP contribution in [0, 0.1) is 0 Å². The fraction of sp³-hybridized carbons (Fsp3) is 0.778. The van der Waals surface area contributed by atoms with Crippen LogP contribution in [-0.4, -0.2) is 11.8 Å². The van der Waals surface area contributed by atoms with Gasteiger partial charge in [0.25, 0.3) is 0 Å². The molecule has 0 saturated heterocycles. The number of rotatable bonds is 8. The number of primary amides is 2. The summed E-state index contributed by atoms with van der Waals surface area (Å²) in [4.78, 5) is 20.7. The first-order chi connectivity index (χ1) is 6.13. The summed E-state index contributed by atoms with van der Waals surface area (Å²) < 4.78 is 0. The van der Waals surface area contributed by atoms with Crippen molar-refractivity contribution in [3.05, 3.63) is 0 Å². The van der Waals surface area contributed by atoms with Gasteiger partial charge >= 0.3 is 51.4 Å². The Morgan fingerprint density at radius 1 is 0.786 bits per heavy atom. The van der Waals surface area contributed by atoms with Gasteiger partial charge < -0.3 is 12.9 Å². The van der Waals surface area contributed by atoms with E-state index in [1.165, 1.54) is 0 Å². The number of amides is 2. The van der Waals surface area contributed by atoms with Gasteiger partial charge in [0.2, 0.25) is 11.8 Å². The number of nitrogens with two attached hydrogens (primary N) is 2. The topological polar surface area (TPSA) is 86.2 Å². The van der Waals surface area contributed by atoms with E-state index in [2.05, 4.69) is 0 Å². The first kappa shape index (κ1) is 17.0. The molecular formula is C9H19KN2O2. The largest absolute Gasteiger partial charge is 1.00 e. The second-order valence-corrected chi connectivity index (χ2v) is 3.20. The molecule has 0 aliphatic heterocycles. The monoisotopic (exact) mass is 226 g/mol. The third kappa shape index (κ3) is 15.1. The molecule has 2 amide bonds. The first-order valence-electron chi connectivity index (χ1n) is 4.69. The molecule has 0 bridgehead atoms. The van der Waals surface area contributed by atoms with E-state index in [1.54, 1.807) is 0 Å². The SMILES string of the molecule is NC(=O)CCCCCCCC(N)=O.[H-].[K+]. The molecule has 78 valence electrons. The predicted octanol–water partition coefficient (Wildman–Crippen LogP) is -2.20. The zero-order valence-corrected chi connectivity index (χ0v) is 12.0. The molecule has 0 aliphatic carbocycles. The van der Waals surface area contributed by atoms with Crippen LogP contribution in [-0.2, 0) is 9.59 Å². The number of unbranched alkanes of at least 4 members (excludes halogenated alkanes) is 4. The van der Waals surface area contributed by atoms with Gasteiger partial charge in [0.1, 0.15) is 0 Å². The van der Waals surface area contributed by atoms with Crippen molar-refractivity contribution in [3.8, 4) is 0 Å². The Hall–Kier alpha value is 0.576. The van der Waals surface area contributed by atoms with Gasteiger partial charge in [-0.2, -0.15) is 0 Å². The Labute approximate surface area is 129 Å². The summed E-state index contributed by atoms with van der Waals surface area (Å²) in [6.07, 6.45) is 5.69. The summed E-state index contributed by atoms with van der Waals surface area (Å²) in [5, 5.41) is 0. The maximum Gasteiger partial charge on any atom is 1.00 e. The normalized spacial score (nSPS) is 9.14. The molecule has 0 aromatic carbocycles. The molecule has 5 heteroatoms. The Morgan fingerprint density at radius 3 is 1.36 bits per heavy atom. The van der Waals surface area contributed by atoms with Crippen molar-refractivity contribution >= 4 is 11.8 Å². The molecule has 0 aromatic heterocycles. The van der Waals surface area contributed by atoms with Crippen molar-refractivity contribution in [2.45, 2.75) is 44.9 Å². The predicted molar refractivity (Wildman–Crippen MR) is 51.8 cm³/mol. The minimum atomic E-state index is -0.239. The summed E-state index contributed by atoms with van der Waals surface area (Å²) in [6, 6.07) is 0. The third-order valence-electron chi connectivity index (χ3n) is 1.85. The fourth-order valence-electron chi connectivity index (χ4n) is 1.13.